The van der Waals surface area contributed by atoms with Crippen LogP contribution in [-0.4, -0.2) is 12.6 Å². The van der Waals surface area contributed by atoms with Crippen molar-refractivity contribution in [2.75, 3.05) is 6.54 Å². The number of hydrogen-bond acceptors (Lipinski definition) is 1. The summed E-state index contributed by atoms with van der Waals surface area (Å²) in [6.07, 6.45) is 12.7. The van der Waals surface area contributed by atoms with E-state index in [1.807, 2.05) is 0 Å². The maximum absolute atomic E-state index is 3.78. The third-order valence-electron chi connectivity index (χ3n) is 4.37. The Morgan fingerprint density at radius 3 is 2.35 bits per heavy atom. The van der Waals surface area contributed by atoms with Gasteiger partial charge in [-0.25, -0.2) is 0 Å². The van der Waals surface area contributed by atoms with E-state index in [2.05, 4.69) is 26.1 Å². The molecule has 3 unspecified atom stereocenters. The fourth-order valence-corrected chi connectivity index (χ4v) is 3.16. The summed E-state index contributed by atoms with van der Waals surface area (Å²) in [5, 5.41) is 3.78. The fourth-order valence-electron chi connectivity index (χ4n) is 3.16. The molecule has 102 valence electrons. The standard InChI is InChI=1S/C16H33N/c1-4-5-6-7-8-9-12-17-16-11-10-14(2)13-15(16)3/h14-17H,4-13H2,1-3H3. The lowest BCUT2D eigenvalue weighted by Crippen LogP contribution is -2.39. The first-order chi connectivity index (χ1) is 8.24. The van der Waals surface area contributed by atoms with Gasteiger partial charge in [0.2, 0.25) is 0 Å². The van der Waals surface area contributed by atoms with Crippen molar-refractivity contribution in [2.45, 2.75) is 84.6 Å². The largest absolute Gasteiger partial charge is 0.314 e. The monoisotopic (exact) mass is 239 g/mol. The highest BCUT2D eigenvalue weighted by Gasteiger charge is 2.24. The van der Waals surface area contributed by atoms with E-state index in [9.17, 15) is 0 Å². The molecule has 1 heteroatoms. The van der Waals surface area contributed by atoms with Crippen molar-refractivity contribution in [3.8, 4) is 0 Å². The number of unbranched alkanes of at least 4 members (excludes halogenated alkanes) is 5. The van der Waals surface area contributed by atoms with E-state index in [-0.39, 0.29) is 0 Å². The topological polar surface area (TPSA) is 12.0 Å². The molecule has 0 aliphatic heterocycles. The van der Waals surface area contributed by atoms with E-state index >= 15 is 0 Å². The Labute approximate surface area is 109 Å². The zero-order chi connectivity index (χ0) is 12.5. The maximum Gasteiger partial charge on any atom is 0.00928 e. The summed E-state index contributed by atoms with van der Waals surface area (Å²) >= 11 is 0. The first-order valence-corrected chi connectivity index (χ1v) is 7.97. The lowest BCUT2D eigenvalue weighted by atomic mass is 9.80. The molecule has 1 rings (SSSR count). The molecule has 1 N–H and O–H groups in total. The van der Waals surface area contributed by atoms with Crippen LogP contribution < -0.4 is 5.32 Å². The number of hydrogen-bond donors (Lipinski definition) is 1. The van der Waals surface area contributed by atoms with E-state index in [0.29, 0.717) is 0 Å². The van der Waals surface area contributed by atoms with Gasteiger partial charge in [0.25, 0.3) is 0 Å². The minimum atomic E-state index is 0.807. The van der Waals surface area contributed by atoms with Gasteiger partial charge in [-0.2, -0.15) is 0 Å². The maximum atomic E-state index is 3.78. The average Bonchev–Trinajstić information content (AvgIpc) is 2.30. The Balaban J connectivity index is 1.95. The fraction of sp³-hybridized carbons (Fsp3) is 1.00. The smallest absolute Gasteiger partial charge is 0.00928 e. The van der Waals surface area contributed by atoms with E-state index < -0.39 is 0 Å². The van der Waals surface area contributed by atoms with E-state index in [4.69, 9.17) is 0 Å². The zero-order valence-electron chi connectivity index (χ0n) is 12.3. The van der Waals surface area contributed by atoms with Gasteiger partial charge in [0, 0.05) is 6.04 Å². The highest BCUT2D eigenvalue weighted by molar-refractivity contribution is 4.80. The van der Waals surface area contributed by atoms with Crippen LogP contribution >= 0.6 is 0 Å². The van der Waals surface area contributed by atoms with E-state index in [0.717, 1.165) is 17.9 Å². The van der Waals surface area contributed by atoms with Crippen LogP contribution in [0, 0.1) is 11.8 Å². The first kappa shape index (κ1) is 15.0. The predicted molar refractivity (Wildman–Crippen MR) is 77.3 cm³/mol. The number of rotatable bonds is 8. The Kier molecular flexibility index (Phi) is 7.92. The highest BCUT2D eigenvalue weighted by Crippen LogP contribution is 2.28. The van der Waals surface area contributed by atoms with Crippen LogP contribution in [0.3, 0.4) is 0 Å². The van der Waals surface area contributed by atoms with Crippen molar-refractivity contribution in [1.82, 2.24) is 5.32 Å². The molecule has 0 aromatic heterocycles. The second-order valence-electron chi connectivity index (χ2n) is 6.22. The van der Waals surface area contributed by atoms with Crippen LogP contribution in [-0.2, 0) is 0 Å². The van der Waals surface area contributed by atoms with Crippen molar-refractivity contribution in [3.63, 3.8) is 0 Å². The normalized spacial score (nSPS) is 29.5. The minimum absolute atomic E-state index is 0.807. The van der Waals surface area contributed by atoms with Crippen molar-refractivity contribution >= 4 is 0 Å². The van der Waals surface area contributed by atoms with Gasteiger partial charge >= 0.3 is 0 Å². The van der Waals surface area contributed by atoms with Gasteiger partial charge in [0.05, 0.1) is 0 Å². The molecule has 17 heavy (non-hydrogen) atoms. The summed E-state index contributed by atoms with van der Waals surface area (Å²) in [7, 11) is 0. The third-order valence-corrected chi connectivity index (χ3v) is 4.37. The summed E-state index contributed by atoms with van der Waals surface area (Å²) in [5.74, 6) is 1.84. The van der Waals surface area contributed by atoms with Gasteiger partial charge in [0.1, 0.15) is 0 Å². The molecule has 1 nitrogen and oxygen atoms in total. The molecule has 3 atom stereocenters. The Bertz CT molecular complexity index is 178. The molecule has 1 fully saturated rings. The third kappa shape index (κ3) is 6.45. The zero-order valence-corrected chi connectivity index (χ0v) is 12.3. The van der Waals surface area contributed by atoms with Gasteiger partial charge in [-0.05, 0) is 44.1 Å². The molecule has 0 radical (unpaired) electrons. The lowest BCUT2D eigenvalue weighted by Gasteiger charge is -2.33. The molecule has 1 aliphatic carbocycles. The van der Waals surface area contributed by atoms with Crippen molar-refractivity contribution in [2.24, 2.45) is 11.8 Å². The molecule has 0 amide bonds. The first-order valence-electron chi connectivity index (χ1n) is 7.97. The molecular formula is C16H33N. The second kappa shape index (κ2) is 8.97. The van der Waals surface area contributed by atoms with Crippen LogP contribution in [0.5, 0.6) is 0 Å². The van der Waals surface area contributed by atoms with Crippen LogP contribution in [0.2, 0.25) is 0 Å². The van der Waals surface area contributed by atoms with Gasteiger partial charge in [-0.3, -0.25) is 0 Å². The van der Waals surface area contributed by atoms with Crippen molar-refractivity contribution in [3.05, 3.63) is 0 Å². The SMILES string of the molecule is CCCCCCCCNC1CCC(C)CC1C. The summed E-state index contributed by atoms with van der Waals surface area (Å²) < 4.78 is 0. The Morgan fingerprint density at radius 1 is 0.941 bits per heavy atom. The molecule has 0 heterocycles. The Hall–Kier alpha value is -0.0400. The Morgan fingerprint density at radius 2 is 1.65 bits per heavy atom. The predicted octanol–water partition coefficient (Wildman–Crippen LogP) is 4.76. The van der Waals surface area contributed by atoms with Gasteiger partial charge in [-0.15, -0.1) is 0 Å². The molecule has 0 bridgehead atoms. The molecule has 0 aromatic rings. The van der Waals surface area contributed by atoms with E-state index in [1.165, 1.54) is 64.3 Å². The molecule has 1 aliphatic rings. The highest BCUT2D eigenvalue weighted by atomic mass is 14.9. The minimum Gasteiger partial charge on any atom is -0.314 e. The summed E-state index contributed by atoms with van der Waals surface area (Å²) in [4.78, 5) is 0. The van der Waals surface area contributed by atoms with Crippen molar-refractivity contribution < 1.29 is 0 Å². The average molecular weight is 239 g/mol. The molecule has 0 aromatic carbocycles. The summed E-state index contributed by atoms with van der Waals surface area (Å²) in [5.41, 5.74) is 0. The molecular weight excluding hydrogens is 206 g/mol. The molecule has 0 spiro atoms. The second-order valence-corrected chi connectivity index (χ2v) is 6.22. The quantitative estimate of drug-likeness (QED) is 0.602. The van der Waals surface area contributed by atoms with E-state index in [1.54, 1.807) is 0 Å². The molecule has 0 saturated heterocycles. The van der Waals surface area contributed by atoms with Crippen LogP contribution in [0.4, 0.5) is 0 Å². The van der Waals surface area contributed by atoms with Gasteiger partial charge in [-0.1, -0.05) is 52.9 Å². The van der Waals surface area contributed by atoms with Crippen LogP contribution in [0.25, 0.3) is 0 Å². The summed E-state index contributed by atoms with van der Waals surface area (Å²) in [6, 6.07) is 0.807. The van der Waals surface area contributed by atoms with Crippen LogP contribution in [0.1, 0.15) is 78.6 Å². The van der Waals surface area contributed by atoms with Crippen LogP contribution in [0.15, 0.2) is 0 Å². The van der Waals surface area contributed by atoms with Crippen molar-refractivity contribution in [1.29, 1.82) is 0 Å². The van der Waals surface area contributed by atoms with Gasteiger partial charge < -0.3 is 5.32 Å². The van der Waals surface area contributed by atoms with Gasteiger partial charge in [0.15, 0.2) is 0 Å². The molecule has 1 saturated carbocycles. The lowest BCUT2D eigenvalue weighted by molar-refractivity contribution is 0.228. The summed E-state index contributed by atoms with van der Waals surface area (Å²) in [6.45, 7) is 8.36. The number of nitrogens with one attached hydrogen (secondary N) is 1.